The molecule has 1 nitrogen and oxygen atoms in total. The Morgan fingerprint density at radius 3 is 2.62 bits per heavy atom. The zero-order chi connectivity index (χ0) is 6.41. The van der Waals surface area contributed by atoms with Gasteiger partial charge in [0.2, 0.25) is 0 Å². The fraction of sp³-hybridized carbons (Fsp3) is 0.333. The quantitative estimate of drug-likeness (QED) is 0.426. The van der Waals surface area contributed by atoms with E-state index in [0.717, 1.165) is 5.03 Å². The average Bonchev–Trinajstić information content (AvgIpc) is 1.83. The minimum atomic E-state index is 0.878. The highest BCUT2D eigenvalue weighted by atomic mass is 32.1. The molecule has 0 spiro atoms. The monoisotopic (exact) mass is 129 g/mol. The van der Waals surface area contributed by atoms with Crippen molar-refractivity contribution in [1.29, 1.82) is 0 Å². The minimum Gasteiger partial charge on any atom is -0.383 e. The highest BCUT2D eigenvalue weighted by Crippen LogP contribution is 1.91. The molecule has 0 aliphatic rings. The first-order valence-corrected chi connectivity index (χ1v) is 2.95. The summed E-state index contributed by atoms with van der Waals surface area (Å²) in [6, 6.07) is 0. The summed E-state index contributed by atoms with van der Waals surface area (Å²) >= 11 is 4.06. The molecule has 0 saturated heterocycles. The van der Waals surface area contributed by atoms with Gasteiger partial charge < -0.3 is 5.32 Å². The maximum Gasteiger partial charge on any atom is 0.0647 e. The highest BCUT2D eigenvalue weighted by molar-refractivity contribution is 7.84. The van der Waals surface area contributed by atoms with Crippen molar-refractivity contribution in [2.24, 2.45) is 0 Å². The molecule has 0 aliphatic heterocycles. The topological polar surface area (TPSA) is 12.0 Å². The van der Waals surface area contributed by atoms with Gasteiger partial charge in [0.05, 0.1) is 5.03 Å². The van der Waals surface area contributed by atoms with Gasteiger partial charge >= 0.3 is 0 Å². The second-order valence-corrected chi connectivity index (χ2v) is 1.81. The van der Waals surface area contributed by atoms with Crippen LogP contribution < -0.4 is 5.32 Å². The van der Waals surface area contributed by atoms with Crippen molar-refractivity contribution in [1.82, 2.24) is 5.32 Å². The van der Waals surface area contributed by atoms with Gasteiger partial charge in [-0.05, 0) is 13.0 Å². The Morgan fingerprint density at radius 1 is 1.62 bits per heavy atom. The Labute approximate surface area is 55.9 Å². The van der Waals surface area contributed by atoms with Crippen LogP contribution >= 0.6 is 12.6 Å². The first-order chi connectivity index (χ1) is 3.81. The summed E-state index contributed by atoms with van der Waals surface area (Å²) in [5.41, 5.74) is 0. The van der Waals surface area contributed by atoms with Crippen molar-refractivity contribution >= 4 is 12.6 Å². The molecule has 0 aliphatic carbocycles. The van der Waals surface area contributed by atoms with E-state index in [9.17, 15) is 0 Å². The second kappa shape index (κ2) is 4.78. The van der Waals surface area contributed by atoms with Crippen LogP contribution in [-0.2, 0) is 0 Å². The molecule has 0 aromatic heterocycles. The van der Waals surface area contributed by atoms with Crippen molar-refractivity contribution in [3.8, 4) is 0 Å². The zero-order valence-corrected chi connectivity index (χ0v) is 6.07. The van der Waals surface area contributed by atoms with Gasteiger partial charge in [-0.2, -0.15) is 0 Å². The van der Waals surface area contributed by atoms with E-state index in [-0.39, 0.29) is 0 Å². The van der Waals surface area contributed by atoms with Crippen LogP contribution in [0.5, 0.6) is 0 Å². The fourth-order valence-electron chi connectivity index (χ4n) is 0.271. The molecule has 1 N–H and O–H groups in total. The highest BCUT2D eigenvalue weighted by Gasteiger charge is 1.73. The number of nitrogens with one attached hydrogen (secondary N) is 1. The first kappa shape index (κ1) is 7.63. The summed E-state index contributed by atoms with van der Waals surface area (Å²) in [5.74, 6) is 0. The lowest BCUT2D eigenvalue weighted by Crippen LogP contribution is -1.97. The molecule has 0 radical (unpaired) electrons. The summed E-state index contributed by atoms with van der Waals surface area (Å²) < 4.78 is 0. The molecule has 0 saturated carbocycles. The largest absolute Gasteiger partial charge is 0.383 e. The Morgan fingerprint density at radius 2 is 2.25 bits per heavy atom. The van der Waals surface area contributed by atoms with Crippen molar-refractivity contribution in [3.63, 3.8) is 0 Å². The molecule has 0 aromatic rings. The third-order valence-electron chi connectivity index (χ3n) is 0.703. The van der Waals surface area contributed by atoms with Gasteiger partial charge in [-0.3, -0.25) is 0 Å². The molecular formula is C6H11NS. The maximum atomic E-state index is 4.06. The van der Waals surface area contributed by atoms with Crippen molar-refractivity contribution in [2.45, 2.75) is 6.92 Å². The van der Waals surface area contributed by atoms with E-state index >= 15 is 0 Å². The molecule has 0 heterocycles. The van der Waals surface area contributed by atoms with Gasteiger partial charge in [-0.25, -0.2) is 0 Å². The van der Waals surface area contributed by atoms with Gasteiger partial charge in [0.15, 0.2) is 0 Å². The standard InChI is InChI=1S/C6H11NS/c1-3-4-5-6(8)7-2/h3-5,7-8H,1-2H3/b4-3-,6-5+. The summed E-state index contributed by atoms with van der Waals surface area (Å²) in [6.45, 7) is 1.97. The Balaban J connectivity index is 3.57. The van der Waals surface area contributed by atoms with Crippen LogP contribution in [-0.4, -0.2) is 7.05 Å². The number of rotatable bonds is 2. The number of allylic oxidation sites excluding steroid dienone is 3. The third-order valence-corrected chi connectivity index (χ3v) is 1.08. The number of hydrogen-bond donors (Lipinski definition) is 2. The molecule has 0 fully saturated rings. The predicted octanol–water partition coefficient (Wildman–Crippen LogP) is 1.55. The zero-order valence-electron chi connectivity index (χ0n) is 5.18. The molecule has 46 valence electrons. The van der Waals surface area contributed by atoms with E-state index in [2.05, 4.69) is 17.9 Å². The van der Waals surface area contributed by atoms with Crippen molar-refractivity contribution < 1.29 is 0 Å². The van der Waals surface area contributed by atoms with Crippen LogP contribution in [0.4, 0.5) is 0 Å². The Hall–Kier alpha value is -0.370. The molecular weight excluding hydrogens is 118 g/mol. The van der Waals surface area contributed by atoms with E-state index in [0.29, 0.717) is 0 Å². The molecule has 0 atom stereocenters. The van der Waals surface area contributed by atoms with Gasteiger partial charge in [-0.15, -0.1) is 12.6 Å². The normalized spacial score (nSPS) is 12.6. The smallest absolute Gasteiger partial charge is 0.0647 e. The lowest BCUT2D eigenvalue weighted by molar-refractivity contribution is 1.08. The summed E-state index contributed by atoms with van der Waals surface area (Å²) in [5, 5.41) is 3.75. The molecule has 0 unspecified atom stereocenters. The van der Waals surface area contributed by atoms with E-state index in [1.807, 2.05) is 32.2 Å². The van der Waals surface area contributed by atoms with E-state index in [4.69, 9.17) is 0 Å². The number of hydrogen-bond acceptors (Lipinski definition) is 2. The van der Waals surface area contributed by atoms with E-state index in [1.165, 1.54) is 0 Å². The van der Waals surface area contributed by atoms with E-state index in [1.54, 1.807) is 0 Å². The van der Waals surface area contributed by atoms with Gasteiger partial charge in [0.25, 0.3) is 0 Å². The summed E-state index contributed by atoms with van der Waals surface area (Å²) in [7, 11) is 1.84. The maximum absolute atomic E-state index is 4.06. The van der Waals surface area contributed by atoms with Crippen LogP contribution in [0.3, 0.4) is 0 Å². The summed E-state index contributed by atoms with van der Waals surface area (Å²) in [4.78, 5) is 0. The fourth-order valence-corrected chi connectivity index (χ4v) is 0.357. The molecule has 0 bridgehead atoms. The average molecular weight is 129 g/mol. The van der Waals surface area contributed by atoms with Crippen LogP contribution in [0.2, 0.25) is 0 Å². The van der Waals surface area contributed by atoms with Crippen LogP contribution in [0.1, 0.15) is 6.92 Å². The van der Waals surface area contributed by atoms with Crippen LogP contribution in [0.25, 0.3) is 0 Å². The predicted molar refractivity (Wildman–Crippen MR) is 40.9 cm³/mol. The molecule has 0 rings (SSSR count). The first-order valence-electron chi connectivity index (χ1n) is 2.51. The molecule has 0 aromatic carbocycles. The third kappa shape index (κ3) is 3.81. The Kier molecular flexibility index (Phi) is 4.56. The SMILES string of the molecule is C/C=C\C=C(\S)NC. The second-order valence-electron chi connectivity index (χ2n) is 1.33. The lowest BCUT2D eigenvalue weighted by Gasteiger charge is -1.91. The molecule has 8 heavy (non-hydrogen) atoms. The van der Waals surface area contributed by atoms with Gasteiger partial charge in [-0.1, -0.05) is 12.2 Å². The van der Waals surface area contributed by atoms with Gasteiger partial charge in [0, 0.05) is 7.05 Å². The van der Waals surface area contributed by atoms with Gasteiger partial charge in [0.1, 0.15) is 0 Å². The lowest BCUT2D eigenvalue weighted by atomic mass is 10.5. The minimum absolute atomic E-state index is 0.878. The summed E-state index contributed by atoms with van der Waals surface area (Å²) in [6.07, 6.45) is 5.77. The van der Waals surface area contributed by atoms with E-state index < -0.39 is 0 Å². The number of thiol groups is 1. The molecule has 2 heteroatoms. The molecule has 0 amide bonds. The van der Waals surface area contributed by atoms with Crippen LogP contribution in [0.15, 0.2) is 23.3 Å². The van der Waals surface area contributed by atoms with Crippen LogP contribution in [0, 0.1) is 0 Å². The van der Waals surface area contributed by atoms with Crippen molar-refractivity contribution in [3.05, 3.63) is 23.3 Å². The van der Waals surface area contributed by atoms with Crippen molar-refractivity contribution in [2.75, 3.05) is 7.05 Å². The Bertz CT molecular complexity index is 105.